The standard InChI is InChI=1S/C55H48/c1-30-32(3)36(7)51-49(34(30)5)54(47-27-26-43(45-21-13-14-22-46(45)47)41-25-24-38-16-9-10-17-39(38)28-41)50-35(6)31(2)33(4)37(8)52(50)55(51)48-23-15-19-42-29-40-18-11-12-20-44(40)53(42)48/h9-28,30,32H,29H2,1-8H3. The van der Waals surface area contributed by atoms with Crippen LogP contribution in [0.3, 0.4) is 0 Å². The second kappa shape index (κ2) is 12.4. The van der Waals surface area contributed by atoms with Crippen LogP contribution in [-0.2, 0) is 6.42 Å². The maximum atomic E-state index is 2.46. The van der Waals surface area contributed by atoms with Gasteiger partial charge < -0.3 is 0 Å². The minimum Gasteiger partial charge on any atom is -0.0619 e. The van der Waals surface area contributed by atoms with Crippen molar-refractivity contribution in [3.63, 3.8) is 0 Å². The van der Waals surface area contributed by atoms with Crippen molar-refractivity contribution in [3.8, 4) is 44.5 Å². The number of hydrogen-bond donors (Lipinski definition) is 0. The van der Waals surface area contributed by atoms with E-state index in [1.165, 1.54) is 132 Å². The van der Waals surface area contributed by atoms with Gasteiger partial charge >= 0.3 is 0 Å². The molecule has 0 heteroatoms. The van der Waals surface area contributed by atoms with E-state index < -0.39 is 0 Å². The fourth-order valence-corrected chi connectivity index (χ4v) is 10.5. The minimum absolute atomic E-state index is 0.426. The Hall–Kier alpha value is -5.72. The molecule has 2 aliphatic carbocycles. The number of aryl methyl sites for hydroxylation is 2. The summed E-state index contributed by atoms with van der Waals surface area (Å²) in [5.74, 6) is 0.857. The lowest BCUT2D eigenvalue weighted by molar-refractivity contribution is 0.570. The second-order valence-corrected chi connectivity index (χ2v) is 16.6. The van der Waals surface area contributed by atoms with Crippen molar-refractivity contribution < 1.29 is 0 Å². The van der Waals surface area contributed by atoms with Gasteiger partial charge in [0.1, 0.15) is 0 Å². The zero-order chi connectivity index (χ0) is 37.9. The molecular weight excluding hydrogens is 661 g/mol. The van der Waals surface area contributed by atoms with Crippen LogP contribution in [0.25, 0.3) is 88.0 Å². The number of hydrogen-bond acceptors (Lipinski definition) is 0. The largest absolute Gasteiger partial charge is 0.0619 e. The van der Waals surface area contributed by atoms with Crippen LogP contribution in [-0.4, -0.2) is 0 Å². The van der Waals surface area contributed by atoms with Crippen molar-refractivity contribution in [2.75, 3.05) is 0 Å². The first-order valence-corrected chi connectivity index (χ1v) is 20.1. The smallest absolute Gasteiger partial charge is 0.00132 e. The average molecular weight is 709 g/mol. The maximum Gasteiger partial charge on any atom is -0.00132 e. The van der Waals surface area contributed by atoms with Gasteiger partial charge in [0.2, 0.25) is 0 Å². The first-order valence-electron chi connectivity index (χ1n) is 20.1. The predicted molar refractivity (Wildman–Crippen MR) is 238 cm³/mol. The summed E-state index contributed by atoms with van der Waals surface area (Å²) in [7, 11) is 0. The van der Waals surface area contributed by atoms with Crippen molar-refractivity contribution in [2.24, 2.45) is 11.8 Å². The van der Waals surface area contributed by atoms with Crippen LogP contribution < -0.4 is 10.4 Å². The normalized spacial score (nSPS) is 16.2. The van der Waals surface area contributed by atoms with E-state index in [4.69, 9.17) is 0 Å². The SMILES string of the molecule is CC1=c2c(-c3cccc4c3-c3ccccc3C4)c3c(C)c(C)c(C)c(C)c3c(-c3ccc(-c4ccc5ccccc5c4)c4ccccc34)c2=C(C)C(C)C1C. The Morgan fingerprint density at radius 2 is 0.927 bits per heavy atom. The topological polar surface area (TPSA) is 0 Å². The molecule has 0 spiro atoms. The summed E-state index contributed by atoms with van der Waals surface area (Å²) in [5.41, 5.74) is 22.4. The van der Waals surface area contributed by atoms with Crippen molar-refractivity contribution in [2.45, 2.75) is 61.8 Å². The summed E-state index contributed by atoms with van der Waals surface area (Å²) in [6.45, 7) is 19.3. The van der Waals surface area contributed by atoms with Crippen LogP contribution in [0.1, 0.15) is 61.1 Å². The molecule has 0 fully saturated rings. The number of rotatable bonds is 3. The van der Waals surface area contributed by atoms with Crippen molar-refractivity contribution in [1.29, 1.82) is 0 Å². The molecule has 0 N–H and O–H groups in total. The molecule has 0 aromatic heterocycles. The van der Waals surface area contributed by atoms with Gasteiger partial charge in [-0.2, -0.15) is 0 Å². The molecule has 2 aliphatic rings. The third-order valence-corrected chi connectivity index (χ3v) is 14.2. The minimum atomic E-state index is 0.426. The van der Waals surface area contributed by atoms with Gasteiger partial charge in [-0.3, -0.25) is 0 Å². The molecular formula is C55H48. The van der Waals surface area contributed by atoms with Gasteiger partial charge in [0.05, 0.1) is 0 Å². The Kier molecular flexibility index (Phi) is 7.63. The second-order valence-electron chi connectivity index (χ2n) is 16.6. The Balaban J connectivity index is 1.41. The fourth-order valence-electron chi connectivity index (χ4n) is 10.5. The zero-order valence-corrected chi connectivity index (χ0v) is 33.4. The molecule has 0 radical (unpaired) electrons. The van der Waals surface area contributed by atoms with Gasteiger partial charge in [0, 0.05) is 0 Å². The molecule has 55 heavy (non-hydrogen) atoms. The van der Waals surface area contributed by atoms with Gasteiger partial charge in [-0.05, 0) is 187 Å². The zero-order valence-electron chi connectivity index (χ0n) is 33.4. The van der Waals surface area contributed by atoms with E-state index in [2.05, 4.69) is 177 Å². The maximum absolute atomic E-state index is 2.46. The highest BCUT2D eigenvalue weighted by Crippen LogP contribution is 2.48. The molecule has 0 aliphatic heterocycles. The first-order chi connectivity index (χ1) is 26.7. The number of fused-ring (bicyclic) bond motifs is 7. The predicted octanol–water partition coefficient (Wildman–Crippen LogP) is 13.6. The highest BCUT2D eigenvalue weighted by Gasteiger charge is 2.31. The van der Waals surface area contributed by atoms with Gasteiger partial charge in [-0.25, -0.2) is 0 Å². The average Bonchev–Trinajstić information content (AvgIpc) is 3.61. The molecule has 2 atom stereocenters. The molecule has 0 amide bonds. The molecule has 10 rings (SSSR count). The van der Waals surface area contributed by atoms with E-state index >= 15 is 0 Å². The molecule has 8 aromatic carbocycles. The molecule has 268 valence electrons. The fraction of sp³-hybridized carbons (Fsp3) is 0.200. The van der Waals surface area contributed by atoms with Gasteiger partial charge in [-0.1, -0.05) is 140 Å². The lowest BCUT2D eigenvalue weighted by atomic mass is 9.72. The Labute approximate surface area is 325 Å². The van der Waals surface area contributed by atoms with E-state index in [1.54, 1.807) is 0 Å². The lowest BCUT2D eigenvalue weighted by Gasteiger charge is -2.32. The van der Waals surface area contributed by atoms with Gasteiger partial charge in [0.25, 0.3) is 0 Å². The van der Waals surface area contributed by atoms with Gasteiger partial charge in [-0.15, -0.1) is 0 Å². The van der Waals surface area contributed by atoms with Gasteiger partial charge in [0.15, 0.2) is 0 Å². The van der Waals surface area contributed by atoms with Crippen LogP contribution in [0.5, 0.6) is 0 Å². The van der Waals surface area contributed by atoms with E-state index in [0.717, 1.165) is 6.42 Å². The molecule has 0 saturated heterocycles. The Morgan fingerprint density at radius 3 is 1.62 bits per heavy atom. The summed E-state index contributed by atoms with van der Waals surface area (Å²) in [5, 5.41) is 10.9. The van der Waals surface area contributed by atoms with Crippen LogP contribution in [0, 0.1) is 39.5 Å². The summed E-state index contributed by atoms with van der Waals surface area (Å²) in [6, 6.07) is 45.8. The summed E-state index contributed by atoms with van der Waals surface area (Å²) < 4.78 is 0. The van der Waals surface area contributed by atoms with Crippen LogP contribution in [0.15, 0.2) is 121 Å². The van der Waals surface area contributed by atoms with Crippen molar-refractivity contribution in [1.82, 2.24) is 0 Å². The summed E-state index contributed by atoms with van der Waals surface area (Å²) in [4.78, 5) is 0. The highest BCUT2D eigenvalue weighted by molar-refractivity contribution is 6.16. The van der Waals surface area contributed by atoms with Crippen LogP contribution >= 0.6 is 0 Å². The number of benzene rings is 8. The van der Waals surface area contributed by atoms with E-state index in [-0.39, 0.29) is 0 Å². The summed E-state index contributed by atoms with van der Waals surface area (Å²) >= 11 is 0. The van der Waals surface area contributed by atoms with Crippen molar-refractivity contribution in [3.05, 3.63) is 165 Å². The quantitative estimate of drug-likeness (QED) is 0.171. The van der Waals surface area contributed by atoms with E-state index in [9.17, 15) is 0 Å². The van der Waals surface area contributed by atoms with Crippen LogP contribution in [0.4, 0.5) is 0 Å². The van der Waals surface area contributed by atoms with E-state index in [0.29, 0.717) is 11.8 Å². The third kappa shape index (κ3) is 4.77. The first kappa shape index (κ1) is 33.8. The lowest BCUT2D eigenvalue weighted by Crippen LogP contribution is -2.40. The highest BCUT2D eigenvalue weighted by atomic mass is 14.3. The Morgan fingerprint density at radius 1 is 0.400 bits per heavy atom. The molecule has 8 aromatic rings. The van der Waals surface area contributed by atoms with Crippen LogP contribution in [0.2, 0.25) is 0 Å². The molecule has 0 saturated carbocycles. The molecule has 2 unspecified atom stereocenters. The monoisotopic (exact) mass is 708 g/mol. The molecule has 0 bridgehead atoms. The molecule has 0 nitrogen and oxygen atoms in total. The summed E-state index contributed by atoms with van der Waals surface area (Å²) in [6.07, 6.45) is 0.991. The Bertz CT molecular complexity index is 3100. The van der Waals surface area contributed by atoms with Crippen molar-refractivity contribution >= 4 is 43.5 Å². The molecule has 0 heterocycles. The third-order valence-electron chi connectivity index (χ3n) is 14.2. The van der Waals surface area contributed by atoms with E-state index in [1.807, 2.05) is 0 Å².